The average molecular weight is 384 g/mol. The molecule has 0 unspecified atom stereocenters. The summed E-state index contributed by atoms with van der Waals surface area (Å²) < 4.78 is 10.5. The van der Waals surface area contributed by atoms with Gasteiger partial charge in [-0.15, -0.1) is 0 Å². The van der Waals surface area contributed by atoms with E-state index >= 15 is 0 Å². The minimum absolute atomic E-state index is 0.129. The molecule has 0 heterocycles. The lowest BCUT2D eigenvalue weighted by molar-refractivity contribution is -0.119. The summed E-state index contributed by atoms with van der Waals surface area (Å²) in [5, 5.41) is 5.25. The number of nitrogens with one attached hydrogen (secondary N) is 2. The Morgan fingerprint density at radius 2 is 1.46 bits per heavy atom. The fourth-order valence-electron chi connectivity index (χ4n) is 2.25. The maximum atomic E-state index is 12.1. The Bertz CT molecular complexity index is 814. The molecule has 28 heavy (non-hydrogen) atoms. The molecule has 2 amide bonds. The molecule has 0 atom stereocenters. The van der Waals surface area contributed by atoms with Crippen molar-refractivity contribution >= 4 is 29.2 Å². The predicted octanol–water partition coefficient (Wildman–Crippen LogP) is 3.37. The summed E-state index contributed by atoms with van der Waals surface area (Å²) in [6.07, 6.45) is 0.129. The second-order valence-electron chi connectivity index (χ2n) is 6.44. The Kier molecular flexibility index (Phi) is 7.71. The van der Waals surface area contributed by atoms with Crippen LogP contribution in [0.2, 0.25) is 0 Å². The molecular weight excluding hydrogens is 360 g/mol. The van der Waals surface area contributed by atoms with Crippen molar-refractivity contribution in [2.75, 3.05) is 17.2 Å². The third kappa shape index (κ3) is 7.20. The topological polar surface area (TPSA) is 93.7 Å². The van der Waals surface area contributed by atoms with Gasteiger partial charge in [0.05, 0.1) is 18.3 Å². The van der Waals surface area contributed by atoms with E-state index in [-0.39, 0.29) is 12.0 Å². The number of amides is 2. The van der Waals surface area contributed by atoms with Crippen molar-refractivity contribution in [3.05, 3.63) is 59.7 Å². The zero-order valence-corrected chi connectivity index (χ0v) is 16.2. The van der Waals surface area contributed by atoms with Crippen molar-refractivity contribution in [1.82, 2.24) is 0 Å². The highest BCUT2D eigenvalue weighted by molar-refractivity contribution is 5.96. The number of hydrogen-bond acceptors (Lipinski definition) is 5. The minimum atomic E-state index is -0.576. The summed E-state index contributed by atoms with van der Waals surface area (Å²) in [5.41, 5.74) is 2.47. The molecule has 0 spiro atoms. The van der Waals surface area contributed by atoms with Gasteiger partial charge in [0.25, 0.3) is 5.91 Å². The molecule has 0 radical (unpaired) electrons. The van der Waals surface area contributed by atoms with Crippen LogP contribution in [0.4, 0.5) is 11.4 Å². The van der Waals surface area contributed by atoms with Crippen LogP contribution < -0.4 is 10.6 Å². The van der Waals surface area contributed by atoms with Crippen LogP contribution in [0.25, 0.3) is 0 Å². The zero-order chi connectivity index (χ0) is 20.5. The van der Waals surface area contributed by atoms with Gasteiger partial charge in [0, 0.05) is 18.3 Å². The first kappa shape index (κ1) is 21.1. The van der Waals surface area contributed by atoms with Crippen LogP contribution in [-0.4, -0.2) is 30.5 Å². The summed E-state index contributed by atoms with van der Waals surface area (Å²) in [7, 11) is 0. The Labute approximate surface area is 164 Å². The molecule has 148 valence electrons. The Balaban J connectivity index is 1.80. The fraction of sp³-hybridized carbons (Fsp3) is 0.286. The number of carbonyl (C=O) groups is 3. The van der Waals surface area contributed by atoms with E-state index in [2.05, 4.69) is 10.6 Å². The van der Waals surface area contributed by atoms with Gasteiger partial charge in [0.2, 0.25) is 5.91 Å². The predicted molar refractivity (Wildman–Crippen MR) is 106 cm³/mol. The normalized spacial score (nSPS) is 10.4. The summed E-state index contributed by atoms with van der Waals surface area (Å²) >= 11 is 0. The third-order valence-corrected chi connectivity index (χ3v) is 3.60. The number of esters is 1. The van der Waals surface area contributed by atoms with Crippen molar-refractivity contribution in [3.63, 3.8) is 0 Å². The molecule has 7 nitrogen and oxygen atoms in total. The molecule has 0 aliphatic carbocycles. The summed E-state index contributed by atoms with van der Waals surface area (Å²) in [5.74, 6) is -1.21. The smallest absolute Gasteiger partial charge is 0.338 e. The van der Waals surface area contributed by atoms with Crippen molar-refractivity contribution in [1.29, 1.82) is 0 Å². The Morgan fingerprint density at radius 1 is 0.893 bits per heavy atom. The Hall–Kier alpha value is -3.19. The average Bonchev–Trinajstić information content (AvgIpc) is 2.66. The number of carbonyl (C=O) groups excluding carboxylic acids is 3. The largest absolute Gasteiger partial charge is 0.452 e. The molecule has 2 rings (SSSR count). The second kappa shape index (κ2) is 10.2. The van der Waals surface area contributed by atoms with Crippen molar-refractivity contribution in [2.24, 2.45) is 0 Å². The number of ether oxygens (including phenoxy) is 2. The maximum absolute atomic E-state index is 12.1. The molecule has 0 aliphatic rings. The van der Waals surface area contributed by atoms with Crippen LogP contribution in [0.3, 0.4) is 0 Å². The lowest BCUT2D eigenvalue weighted by atomic mass is 10.1. The summed E-state index contributed by atoms with van der Waals surface area (Å²) in [6.45, 7) is 5.39. The molecule has 7 heteroatoms. The van der Waals surface area contributed by atoms with Gasteiger partial charge in [-0.2, -0.15) is 0 Å². The maximum Gasteiger partial charge on any atom is 0.338 e. The SMILES string of the molecule is CC(=O)Nc1ccc(NC(=O)COC(=O)c2ccc(COC(C)C)cc2)cc1. The molecule has 0 aromatic heterocycles. The first-order valence-corrected chi connectivity index (χ1v) is 8.88. The van der Waals surface area contributed by atoms with E-state index in [1.165, 1.54) is 6.92 Å². The van der Waals surface area contributed by atoms with E-state index in [1.54, 1.807) is 48.5 Å². The Morgan fingerprint density at radius 3 is 2.00 bits per heavy atom. The van der Waals surface area contributed by atoms with Crippen molar-refractivity contribution < 1.29 is 23.9 Å². The molecule has 2 N–H and O–H groups in total. The molecule has 2 aromatic carbocycles. The minimum Gasteiger partial charge on any atom is -0.452 e. The van der Waals surface area contributed by atoms with Crippen LogP contribution in [-0.2, 0) is 25.7 Å². The van der Waals surface area contributed by atoms with Gasteiger partial charge in [-0.05, 0) is 55.8 Å². The van der Waals surface area contributed by atoms with E-state index in [1.807, 2.05) is 13.8 Å². The van der Waals surface area contributed by atoms with Gasteiger partial charge >= 0.3 is 5.97 Å². The second-order valence-corrected chi connectivity index (χ2v) is 6.44. The number of benzene rings is 2. The molecule has 0 saturated heterocycles. The van der Waals surface area contributed by atoms with Gasteiger partial charge in [-0.1, -0.05) is 12.1 Å². The van der Waals surface area contributed by atoms with E-state index in [9.17, 15) is 14.4 Å². The van der Waals surface area contributed by atoms with Crippen molar-refractivity contribution in [2.45, 2.75) is 33.5 Å². The highest BCUT2D eigenvalue weighted by Crippen LogP contribution is 2.13. The van der Waals surface area contributed by atoms with Gasteiger partial charge in [-0.25, -0.2) is 4.79 Å². The van der Waals surface area contributed by atoms with Crippen molar-refractivity contribution in [3.8, 4) is 0 Å². The van der Waals surface area contributed by atoms with E-state index in [4.69, 9.17) is 9.47 Å². The number of hydrogen-bond donors (Lipinski definition) is 2. The van der Waals surface area contributed by atoms with Crippen LogP contribution in [0.15, 0.2) is 48.5 Å². The molecule has 0 fully saturated rings. The van der Waals surface area contributed by atoms with Crippen LogP contribution >= 0.6 is 0 Å². The highest BCUT2D eigenvalue weighted by atomic mass is 16.5. The third-order valence-electron chi connectivity index (χ3n) is 3.60. The quantitative estimate of drug-likeness (QED) is 0.681. The van der Waals surface area contributed by atoms with E-state index in [0.29, 0.717) is 23.5 Å². The lowest BCUT2D eigenvalue weighted by Gasteiger charge is -2.09. The molecular formula is C21H24N2O5. The van der Waals surface area contributed by atoms with Gasteiger partial charge in [-0.3, -0.25) is 9.59 Å². The van der Waals surface area contributed by atoms with Crippen LogP contribution in [0.1, 0.15) is 36.7 Å². The first-order valence-electron chi connectivity index (χ1n) is 8.88. The summed E-state index contributed by atoms with van der Waals surface area (Å²) in [6, 6.07) is 13.5. The first-order chi connectivity index (χ1) is 13.3. The highest BCUT2D eigenvalue weighted by Gasteiger charge is 2.11. The van der Waals surface area contributed by atoms with Gasteiger partial charge in [0.15, 0.2) is 6.61 Å². The molecule has 0 saturated carbocycles. The van der Waals surface area contributed by atoms with E-state index < -0.39 is 18.5 Å². The monoisotopic (exact) mass is 384 g/mol. The summed E-state index contributed by atoms with van der Waals surface area (Å²) in [4.78, 5) is 35.0. The lowest BCUT2D eigenvalue weighted by Crippen LogP contribution is -2.21. The fourth-order valence-corrected chi connectivity index (χ4v) is 2.25. The number of rotatable bonds is 8. The molecule has 0 aliphatic heterocycles. The van der Waals surface area contributed by atoms with Gasteiger partial charge < -0.3 is 20.1 Å². The zero-order valence-electron chi connectivity index (χ0n) is 16.2. The number of anilines is 2. The van der Waals surface area contributed by atoms with E-state index in [0.717, 1.165) is 5.56 Å². The van der Waals surface area contributed by atoms with Gasteiger partial charge in [0.1, 0.15) is 0 Å². The standard InChI is InChI=1S/C21H24N2O5/c1-14(2)27-12-16-4-6-17(7-5-16)21(26)28-13-20(25)23-19-10-8-18(9-11-19)22-15(3)24/h4-11,14H,12-13H2,1-3H3,(H,22,24)(H,23,25). The van der Waals surface area contributed by atoms with Crippen LogP contribution in [0, 0.1) is 0 Å². The molecule has 2 aromatic rings. The van der Waals surface area contributed by atoms with Crippen LogP contribution in [0.5, 0.6) is 0 Å². The molecule has 0 bridgehead atoms.